The van der Waals surface area contributed by atoms with Crippen molar-refractivity contribution in [3.05, 3.63) is 52.5 Å². The summed E-state index contributed by atoms with van der Waals surface area (Å²) in [4.78, 5) is 11.5. The number of allylic oxidation sites excluding steroid dienone is 4. The van der Waals surface area contributed by atoms with Gasteiger partial charge in [0.05, 0.1) is 4.48 Å². The van der Waals surface area contributed by atoms with Gasteiger partial charge in [0.2, 0.25) is 0 Å². The van der Waals surface area contributed by atoms with Crippen LogP contribution in [0.2, 0.25) is 0 Å². The quantitative estimate of drug-likeness (QED) is 0.616. The van der Waals surface area contributed by atoms with Crippen molar-refractivity contribution in [3.8, 4) is 0 Å². The van der Waals surface area contributed by atoms with E-state index in [1.165, 1.54) is 24.3 Å². The van der Waals surface area contributed by atoms with E-state index in [0.29, 0.717) is 10.1 Å². The minimum atomic E-state index is -3.95. The second-order valence-corrected chi connectivity index (χ2v) is 6.39. The minimum absolute atomic E-state index is 0.0139. The van der Waals surface area contributed by atoms with Crippen LogP contribution in [0.3, 0.4) is 0 Å². The smallest absolute Gasteiger partial charge is 0.288 e. The maximum absolute atomic E-state index is 11.9. The number of carbonyl (C=O) groups excluding carboxylic acids is 1. The second-order valence-electron chi connectivity index (χ2n) is 4.01. The normalized spacial score (nSPS) is 17.7. The third-order valence-corrected chi connectivity index (χ3v) is 4.20. The highest BCUT2D eigenvalue weighted by atomic mass is 79.9. The van der Waals surface area contributed by atoms with Gasteiger partial charge in [-0.2, -0.15) is 8.42 Å². The van der Waals surface area contributed by atoms with E-state index in [0.717, 1.165) is 0 Å². The van der Waals surface area contributed by atoms with E-state index in [2.05, 4.69) is 25.4 Å². The molecule has 0 radical (unpaired) electrons. The van der Waals surface area contributed by atoms with Gasteiger partial charge in [-0.3, -0.25) is 9.08 Å². The van der Waals surface area contributed by atoms with E-state index in [4.69, 9.17) is 0 Å². The highest BCUT2D eigenvalue weighted by Gasteiger charge is 2.18. The van der Waals surface area contributed by atoms with Crippen molar-refractivity contribution in [3.63, 3.8) is 0 Å². The average Bonchev–Trinajstić information content (AvgIpc) is 2.43. The first-order valence-electron chi connectivity index (χ1n) is 5.57. The molecule has 0 aliphatic heterocycles. The van der Waals surface area contributed by atoms with Crippen molar-refractivity contribution < 1.29 is 17.5 Å². The Morgan fingerprint density at radius 3 is 2.40 bits per heavy atom. The summed E-state index contributed by atoms with van der Waals surface area (Å²) in [5.41, 5.74) is 0.687. The summed E-state index contributed by atoms with van der Waals surface area (Å²) in [5.74, 6) is -0.171. The molecule has 0 bridgehead atoms. The molecule has 0 aromatic heterocycles. The number of benzene rings is 1. The van der Waals surface area contributed by atoms with Crippen molar-refractivity contribution >= 4 is 37.5 Å². The van der Waals surface area contributed by atoms with Gasteiger partial charge in [0, 0.05) is 0 Å². The zero-order chi connectivity index (χ0) is 14.8. The van der Waals surface area contributed by atoms with Crippen molar-refractivity contribution in [2.45, 2.75) is 11.8 Å². The lowest BCUT2D eigenvalue weighted by Crippen LogP contribution is -2.10. The lowest BCUT2D eigenvalue weighted by molar-refractivity contribution is -0.111. The predicted molar refractivity (Wildman–Crippen MR) is 77.9 cm³/mol. The third-order valence-electron chi connectivity index (χ3n) is 2.49. The molecule has 0 spiro atoms. The van der Waals surface area contributed by atoms with Crippen LogP contribution in [0, 0.1) is 0 Å². The van der Waals surface area contributed by atoms with E-state index in [9.17, 15) is 13.2 Å². The molecule has 1 aromatic carbocycles. The Hall–Kier alpha value is -1.73. The van der Waals surface area contributed by atoms with Crippen LogP contribution < -0.4 is 0 Å². The molecule has 0 N–H and O–H groups in total. The number of nitrogens with zero attached hydrogens (tertiary/aromatic N) is 1. The van der Waals surface area contributed by atoms with Crippen LogP contribution in [0.4, 0.5) is 0 Å². The van der Waals surface area contributed by atoms with E-state index in [1.807, 2.05) is 0 Å². The fourth-order valence-electron chi connectivity index (χ4n) is 1.49. The molecule has 1 aliphatic rings. The molecule has 0 heterocycles. The lowest BCUT2D eigenvalue weighted by atomic mass is 10.1. The van der Waals surface area contributed by atoms with Gasteiger partial charge in [0.25, 0.3) is 0 Å². The summed E-state index contributed by atoms with van der Waals surface area (Å²) in [6, 6.07) is 7.69. The van der Waals surface area contributed by atoms with Gasteiger partial charge in [0.15, 0.2) is 5.78 Å². The molecule has 0 unspecified atom stereocenters. The van der Waals surface area contributed by atoms with Gasteiger partial charge < -0.3 is 0 Å². The maximum atomic E-state index is 11.9. The van der Waals surface area contributed by atoms with Crippen LogP contribution in [-0.4, -0.2) is 19.9 Å². The first kappa shape index (κ1) is 14.7. The Labute approximate surface area is 124 Å². The molecule has 0 amide bonds. The van der Waals surface area contributed by atoms with Gasteiger partial charge in [-0.25, -0.2) is 0 Å². The van der Waals surface area contributed by atoms with Crippen LogP contribution in [0.5, 0.6) is 0 Å². The maximum Gasteiger partial charge on any atom is 0.358 e. The second kappa shape index (κ2) is 5.72. The van der Waals surface area contributed by atoms with Crippen LogP contribution in [-0.2, 0) is 19.2 Å². The summed E-state index contributed by atoms with van der Waals surface area (Å²) in [5, 5.41) is 3.56. The number of rotatable bonds is 3. The zero-order valence-electron chi connectivity index (χ0n) is 10.4. The Kier molecular flexibility index (Phi) is 4.20. The Balaban J connectivity index is 2.24. The van der Waals surface area contributed by atoms with Gasteiger partial charge in [-0.15, -0.1) is 0 Å². The Bertz CT molecular complexity index is 709. The molecule has 20 heavy (non-hydrogen) atoms. The van der Waals surface area contributed by atoms with Crippen molar-refractivity contribution in [2.75, 3.05) is 0 Å². The van der Waals surface area contributed by atoms with Gasteiger partial charge >= 0.3 is 10.1 Å². The van der Waals surface area contributed by atoms with Gasteiger partial charge in [-0.05, 0) is 52.7 Å². The SMILES string of the molecule is CC1=C/C(=N/OS(=O)(=O)c2ccccc2)C=C(Br)C1=O. The summed E-state index contributed by atoms with van der Waals surface area (Å²) < 4.78 is 28.6. The first-order valence-corrected chi connectivity index (χ1v) is 7.77. The monoisotopic (exact) mass is 355 g/mol. The van der Waals surface area contributed by atoms with Crippen LogP contribution >= 0.6 is 15.9 Å². The molecule has 2 rings (SSSR count). The number of ketones is 1. The van der Waals surface area contributed by atoms with Gasteiger partial charge in [0.1, 0.15) is 10.6 Å². The molecular weight excluding hydrogens is 346 g/mol. The van der Waals surface area contributed by atoms with Crippen LogP contribution in [0.15, 0.2) is 62.6 Å². The number of hydrogen-bond acceptors (Lipinski definition) is 5. The minimum Gasteiger partial charge on any atom is -0.288 e. The third kappa shape index (κ3) is 3.23. The number of Topliss-reactive ketones (excluding diaryl/α,β-unsaturated/α-hetero) is 1. The van der Waals surface area contributed by atoms with E-state index in [-0.39, 0.29) is 16.4 Å². The van der Waals surface area contributed by atoms with Gasteiger partial charge in [-0.1, -0.05) is 23.4 Å². The van der Waals surface area contributed by atoms with E-state index >= 15 is 0 Å². The number of carbonyl (C=O) groups is 1. The average molecular weight is 356 g/mol. The molecule has 1 aliphatic carbocycles. The van der Waals surface area contributed by atoms with Crippen molar-refractivity contribution in [2.24, 2.45) is 5.16 Å². The lowest BCUT2D eigenvalue weighted by Gasteiger charge is -2.07. The molecule has 0 saturated carbocycles. The number of oxime groups is 1. The molecule has 0 saturated heterocycles. The van der Waals surface area contributed by atoms with Crippen LogP contribution in [0.25, 0.3) is 0 Å². The topological polar surface area (TPSA) is 72.8 Å². The van der Waals surface area contributed by atoms with Crippen molar-refractivity contribution in [1.29, 1.82) is 0 Å². The zero-order valence-corrected chi connectivity index (χ0v) is 12.8. The Morgan fingerprint density at radius 1 is 1.15 bits per heavy atom. The fraction of sp³-hybridized carbons (Fsp3) is 0.0769. The molecule has 0 atom stereocenters. The number of halogens is 1. The fourth-order valence-corrected chi connectivity index (χ4v) is 2.80. The molecule has 104 valence electrons. The van der Waals surface area contributed by atoms with E-state index < -0.39 is 10.1 Å². The standard InChI is InChI=1S/C13H10BrNO4S/c1-9-7-10(8-12(14)13(9)16)15-19-20(17,18)11-5-3-2-4-6-11/h2-8H,1H3/b15-10-. The largest absolute Gasteiger partial charge is 0.358 e. The summed E-state index contributed by atoms with van der Waals surface area (Å²) >= 11 is 3.08. The van der Waals surface area contributed by atoms with Crippen molar-refractivity contribution in [1.82, 2.24) is 0 Å². The molecule has 5 nitrogen and oxygen atoms in total. The molecule has 0 fully saturated rings. The van der Waals surface area contributed by atoms with E-state index in [1.54, 1.807) is 25.1 Å². The molecule has 1 aromatic rings. The summed E-state index contributed by atoms with van der Waals surface area (Å²) in [6.45, 7) is 1.61. The summed E-state index contributed by atoms with van der Waals surface area (Å²) in [6.07, 6.45) is 2.85. The summed E-state index contributed by atoms with van der Waals surface area (Å²) in [7, 11) is -3.95. The highest BCUT2D eigenvalue weighted by molar-refractivity contribution is 9.12. The number of hydrogen-bond donors (Lipinski definition) is 0. The highest BCUT2D eigenvalue weighted by Crippen LogP contribution is 2.19. The molecular formula is C13H10BrNO4S. The Morgan fingerprint density at radius 2 is 1.80 bits per heavy atom. The predicted octanol–water partition coefficient (Wildman–Crippen LogP) is 2.56. The van der Waals surface area contributed by atoms with Crippen LogP contribution in [0.1, 0.15) is 6.92 Å². The first-order chi connectivity index (χ1) is 9.40. The molecule has 7 heteroatoms.